The summed E-state index contributed by atoms with van der Waals surface area (Å²) in [5, 5.41) is 1.29. The molecule has 0 radical (unpaired) electrons. The van der Waals surface area contributed by atoms with E-state index in [4.69, 9.17) is 4.37 Å². The highest BCUT2D eigenvalue weighted by molar-refractivity contribution is 7.13. The summed E-state index contributed by atoms with van der Waals surface area (Å²) < 4.78 is 6.01. The molecule has 0 saturated carbocycles. The van der Waals surface area contributed by atoms with E-state index in [1.165, 1.54) is 27.6 Å². The summed E-state index contributed by atoms with van der Waals surface area (Å²) in [6, 6.07) is 15.4. The van der Waals surface area contributed by atoms with Crippen LogP contribution >= 0.6 is 11.5 Å². The van der Waals surface area contributed by atoms with E-state index in [0.29, 0.717) is 0 Å². The number of carbonyl (C=O) groups is 1. The monoisotopic (exact) mass is 476 g/mol. The molecule has 34 heavy (non-hydrogen) atoms. The minimum Gasteiger partial charge on any atom is -0.353 e. The second-order valence-corrected chi connectivity index (χ2v) is 10.7. The molecular formula is C28H36N4OS. The summed E-state index contributed by atoms with van der Waals surface area (Å²) in [6.07, 6.45) is 4.40. The minimum atomic E-state index is 0.104. The minimum absolute atomic E-state index is 0.104. The van der Waals surface area contributed by atoms with Gasteiger partial charge >= 0.3 is 0 Å². The van der Waals surface area contributed by atoms with Crippen LogP contribution in [0, 0.1) is 0 Å². The van der Waals surface area contributed by atoms with Crippen molar-refractivity contribution in [2.75, 3.05) is 49.1 Å². The molecule has 180 valence electrons. The van der Waals surface area contributed by atoms with Crippen LogP contribution in [0.5, 0.6) is 0 Å². The number of nitrogens with zero attached hydrogens (tertiary/aromatic N) is 4. The van der Waals surface area contributed by atoms with E-state index in [9.17, 15) is 4.79 Å². The van der Waals surface area contributed by atoms with Crippen molar-refractivity contribution < 1.29 is 4.79 Å². The molecule has 0 N–H and O–H groups in total. The zero-order valence-electron chi connectivity index (χ0n) is 20.7. The lowest BCUT2D eigenvalue weighted by atomic mass is 9.77. The number of rotatable bonds is 7. The van der Waals surface area contributed by atoms with E-state index in [1.807, 2.05) is 4.90 Å². The van der Waals surface area contributed by atoms with Gasteiger partial charge in [-0.3, -0.25) is 9.69 Å². The van der Waals surface area contributed by atoms with Gasteiger partial charge in [0.05, 0.1) is 4.70 Å². The second kappa shape index (κ2) is 9.67. The molecule has 3 aromatic rings. The van der Waals surface area contributed by atoms with Gasteiger partial charge in [0.25, 0.3) is 0 Å². The quantitative estimate of drug-likeness (QED) is 0.453. The number of benzene rings is 2. The van der Waals surface area contributed by atoms with Crippen molar-refractivity contribution in [2.45, 2.75) is 51.9 Å². The molecule has 2 aliphatic rings. The summed E-state index contributed by atoms with van der Waals surface area (Å²) >= 11 is 1.61. The van der Waals surface area contributed by atoms with Crippen molar-refractivity contribution in [1.82, 2.24) is 9.27 Å². The molecule has 6 heteroatoms. The highest BCUT2D eigenvalue weighted by Gasteiger charge is 2.41. The summed E-state index contributed by atoms with van der Waals surface area (Å²) in [5.41, 5.74) is 4.02. The zero-order valence-corrected chi connectivity index (χ0v) is 21.5. The second-order valence-electron chi connectivity index (χ2n) is 9.88. The van der Waals surface area contributed by atoms with Crippen LogP contribution in [0.3, 0.4) is 0 Å². The van der Waals surface area contributed by atoms with Crippen molar-refractivity contribution in [3.8, 4) is 0 Å². The Bertz CT molecular complexity index is 1160. The Hall–Kier alpha value is -2.44. The number of anilines is 2. The van der Waals surface area contributed by atoms with E-state index >= 15 is 0 Å². The SMILES string of the molecule is CCC1(CC)CN(C(C)=O)c2ccc(CCCN3CCN(c4nsc5ccccc45)CC3)cc21. The lowest BCUT2D eigenvalue weighted by Gasteiger charge is -2.35. The topological polar surface area (TPSA) is 39.7 Å². The molecule has 1 saturated heterocycles. The van der Waals surface area contributed by atoms with Gasteiger partial charge in [-0.2, -0.15) is 4.37 Å². The maximum absolute atomic E-state index is 12.2. The first kappa shape index (κ1) is 23.3. The van der Waals surface area contributed by atoms with Crippen LogP contribution < -0.4 is 9.80 Å². The van der Waals surface area contributed by atoms with Gasteiger partial charge < -0.3 is 9.80 Å². The van der Waals surface area contributed by atoms with Gasteiger partial charge in [-0.05, 0) is 73.1 Å². The van der Waals surface area contributed by atoms with Crippen LogP contribution in [0.25, 0.3) is 10.1 Å². The zero-order chi connectivity index (χ0) is 23.7. The number of carbonyl (C=O) groups excluding carboxylic acids is 1. The van der Waals surface area contributed by atoms with Gasteiger partial charge in [0.15, 0.2) is 0 Å². The lowest BCUT2D eigenvalue weighted by Crippen LogP contribution is -2.46. The van der Waals surface area contributed by atoms with Crippen LogP contribution in [-0.4, -0.2) is 54.4 Å². The van der Waals surface area contributed by atoms with Gasteiger partial charge in [-0.1, -0.05) is 38.1 Å². The molecule has 1 amide bonds. The third-order valence-electron chi connectivity index (χ3n) is 8.09. The predicted molar refractivity (Wildman–Crippen MR) is 143 cm³/mol. The Labute approximate surface area is 207 Å². The molecule has 0 bridgehead atoms. The van der Waals surface area contributed by atoms with Crippen LogP contribution in [-0.2, 0) is 16.6 Å². The molecule has 2 aromatic carbocycles. The van der Waals surface area contributed by atoms with E-state index in [-0.39, 0.29) is 11.3 Å². The summed E-state index contributed by atoms with van der Waals surface area (Å²) in [7, 11) is 0. The van der Waals surface area contributed by atoms with Crippen molar-refractivity contribution in [1.29, 1.82) is 0 Å². The lowest BCUT2D eigenvalue weighted by molar-refractivity contribution is -0.116. The van der Waals surface area contributed by atoms with E-state index in [2.05, 4.69) is 66.1 Å². The van der Waals surface area contributed by atoms with Crippen LogP contribution in [0.1, 0.15) is 51.2 Å². The fraction of sp³-hybridized carbons (Fsp3) is 0.500. The maximum atomic E-state index is 12.2. The molecule has 1 aromatic heterocycles. The maximum Gasteiger partial charge on any atom is 0.223 e. The fourth-order valence-electron chi connectivity index (χ4n) is 5.80. The van der Waals surface area contributed by atoms with Gasteiger partial charge in [0.2, 0.25) is 5.91 Å². The first-order valence-corrected chi connectivity index (χ1v) is 13.5. The third kappa shape index (κ3) is 4.22. The average Bonchev–Trinajstić information content (AvgIpc) is 3.44. The number of piperazine rings is 1. The molecule has 0 aliphatic carbocycles. The normalized spacial score (nSPS) is 18.0. The molecule has 5 nitrogen and oxygen atoms in total. The number of fused-ring (bicyclic) bond motifs is 2. The van der Waals surface area contributed by atoms with Crippen LogP contribution in [0.4, 0.5) is 11.5 Å². The summed E-state index contributed by atoms with van der Waals surface area (Å²) in [6.45, 7) is 12.5. The van der Waals surface area contributed by atoms with Gasteiger partial charge in [-0.25, -0.2) is 0 Å². The Morgan fingerprint density at radius 3 is 2.56 bits per heavy atom. The van der Waals surface area contributed by atoms with Crippen molar-refractivity contribution >= 4 is 39.0 Å². The molecule has 0 unspecified atom stereocenters. The van der Waals surface area contributed by atoms with Crippen molar-refractivity contribution in [3.05, 3.63) is 53.6 Å². The molecular weight excluding hydrogens is 440 g/mol. The number of aromatic nitrogens is 1. The molecule has 2 aliphatic heterocycles. The smallest absolute Gasteiger partial charge is 0.223 e. The number of amides is 1. The molecule has 1 fully saturated rings. The molecule has 3 heterocycles. The Morgan fingerprint density at radius 2 is 1.82 bits per heavy atom. The third-order valence-corrected chi connectivity index (χ3v) is 8.90. The Morgan fingerprint density at radius 1 is 1.06 bits per heavy atom. The van der Waals surface area contributed by atoms with Crippen molar-refractivity contribution in [2.24, 2.45) is 0 Å². The molecule has 0 atom stereocenters. The van der Waals surface area contributed by atoms with Gasteiger partial charge in [0.1, 0.15) is 5.82 Å². The van der Waals surface area contributed by atoms with E-state index in [1.54, 1.807) is 18.5 Å². The average molecular weight is 477 g/mol. The van der Waals surface area contributed by atoms with E-state index in [0.717, 1.165) is 70.0 Å². The number of hydrogen-bond donors (Lipinski definition) is 0. The fourth-order valence-corrected chi connectivity index (χ4v) is 6.59. The number of hydrogen-bond acceptors (Lipinski definition) is 5. The standard InChI is InChI=1S/C28H36N4OS/c1-4-28(5-2)20-32(21(3)33)25-13-12-22(19-24(25)28)9-8-14-30-15-17-31(18-16-30)27-23-10-6-7-11-26(23)34-29-27/h6-7,10-13,19H,4-5,8-9,14-18,20H2,1-3H3. The highest BCUT2D eigenvalue weighted by Crippen LogP contribution is 2.45. The highest BCUT2D eigenvalue weighted by atomic mass is 32.1. The summed E-state index contributed by atoms with van der Waals surface area (Å²) in [4.78, 5) is 19.3. The van der Waals surface area contributed by atoms with Gasteiger partial charge in [-0.15, -0.1) is 0 Å². The summed E-state index contributed by atoms with van der Waals surface area (Å²) in [5.74, 6) is 1.32. The predicted octanol–water partition coefficient (Wildman–Crippen LogP) is 5.48. The Balaban J connectivity index is 1.18. The first-order valence-electron chi connectivity index (χ1n) is 12.8. The van der Waals surface area contributed by atoms with Crippen molar-refractivity contribution in [3.63, 3.8) is 0 Å². The van der Waals surface area contributed by atoms with Gasteiger partial charge in [0, 0.05) is 56.1 Å². The Kier molecular flexibility index (Phi) is 6.63. The molecule has 5 rings (SSSR count). The number of aryl methyl sites for hydroxylation is 1. The largest absolute Gasteiger partial charge is 0.353 e. The first-order chi connectivity index (χ1) is 16.5. The molecule has 0 spiro atoms. The van der Waals surface area contributed by atoms with E-state index < -0.39 is 0 Å². The van der Waals surface area contributed by atoms with Crippen LogP contribution in [0.2, 0.25) is 0 Å². The van der Waals surface area contributed by atoms with Crippen LogP contribution in [0.15, 0.2) is 42.5 Å².